The Hall–Kier alpha value is -1.43. The Morgan fingerprint density at radius 3 is 2.94 bits per heavy atom. The normalized spacial score (nSPS) is 14.5. The molecule has 1 rings (SSSR count). The van der Waals surface area contributed by atoms with Gasteiger partial charge in [-0.05, 0) is 13.3 Å². The number of amides is 1. The third kappa shape index (κ3) is 2.79. The summed E-state index contributed by atoms with van der Waals surface area (Å²) in [6, 6.07) is -0.462. The van der Waals surface area contributed by atoms with E-state index in [0.29, 0.717) is 0 Å². The first-order valence-electron chi connectivity index (χ1n) is 5.49. The number of aromatic nitrogens is 3. The van der Waals surface area contributed by atoms with Crippen molar-refractivity contribution in [3.63, 3.8) is 0 Å². The molecule has 0 spiro atoms. The van der Waals surface area contributed by atoms with Crippen LogP contribution in [0.3, 0.4) is 0 Å². The minimum absolute atomic E-state index is 0.0967. The molecule has 90 valence electrons. The molecular weight excluding hydrogens is 206 g/mol. The summed E-state index contributed by atoms with van der Waals surface area (Å²) in [4.78, 5) is 11.4. The summed E-state index contributed by atoms with van der Waals surface area (Å²) in [7, 11) is 1.60. The molecule has 1 aromatic heterocycles. The molecule has 0 radical (unpaired) electrons. The number of hydrogen-bond acceptors (Lipinski definition) is 4. The number of carbonyl (C=O) groups excluding carboxylic acids is 1. The van der Waals surface area contributed by atoms with Gasteiger partial charge in [-0.15, -0.1) is 5.10 Å². The van der Waals surface area contributed by atoms with Crippen LogP contribution in [-0.4, -0.2) is 27.9 Å². The van der Waals surface area contributed by atoms with Crippen molar-refractivity contribution in [2.45, 2.75) is 38.8 Å². The van der Waals surface area contributed by atoms with Gasteiger partial charge in [0.05, 0.1) is 17.9 Å². The summed E-state index contributed by atoms with van der Waals surface area (Å²) in [5.74, 6) is -0.0967. The van der Waals surface area contributed by atoms with Gasteiger partial charge in [0.25, 0.3) is 0 Å². The number of hydrogen-bond donors (Lipinski definition) is 2. The van der Waals surface area contributed by atoms with Crippen LogP contribution >= 0.6 is 0 Å². The predicted octanol–water partition coefficient (Wildman–Crippen LogP) is 0.385. The first-order chi connectivity index (χ1) is 7.60. The Morgan fingerprint density at radius 2 is 2.38 bits per heavy atom. The largest absolute Gasteiger partial charge is 0.357 e. The van der Waals surface area contributed by atoms with E-state index in [0.717, 1.165) is 18.5 Å². The van der Waals surface area contributed by atoms with E-state index in [4.69, 9.17) is 5.73 Å². The molecule has 6 heteroatoms. The Labute approximate surface area is 95.2 Å². The topological polar surface area (TPSA) is 85.8 Å². The van der Waals surface area contributed by atoms with Gasteiger partial charge >= 0.3 is 0 Å². The molecule has 6 nitrogen and oxygen atoms in total. The molecule has 0 aliphatic carbocycles. The molecule has 0 saturated heterocycles. The number of nitrogens with zero attached hydrogens (tertiary/aromatic N) is 3. The Morgan fingerprint density at radius 1 is 1.69 bits per heavy atom. The van der Waals surface area contributed by atoms with E-state index < -0.39 is 0 Å². The van der Waals surface area contributed by atoms with Crippen molar-refractivity contribution in [3.8, 4) is 0 Å². The highest BCUT2D eigenvalue weighted by molar-refractivity contribution is 5.79. The van der Waals surface area contributed by atoms with Crippen LogP contribution in [0.2, 0.25) is 0 Å². The van der Waals surface area contributed by atoms with E-state index in [1.807, 2.05) is 0 Å². The van der Waals surface area contributed by atoms with E-state index in [1.165, 1.54) is 4.68 Å². The lowest BCUT2D eigenvalue weighted by molar-refractivity contribution is -0.123. The van der Waals surface area contributed by atoms with Crippen molar-refractivity contribution in [1.29, 1.82) is 0 Å². The van der Waals surface area contributed by atoms with Gasteiger partial charge in [-0.3, -0.25) is 4.79 Å². The zero-order chi connectivity index (χ0) is 12.1. The maximum Gasteiger partial charge on any atom is 0.244 e. The van der Waals surface area contributed by atoms with Crippen LogP contribution in [0.15, 0.2) is 6.20 Å². The summed E-state index contributed by atoms with van der Waals surface area (Å²) < 4.78 is 1.53. The van der Waals surface area contributed by atoms with Crippen LogP contribution in [0.25, 0.3) is 0 Å². The van der Waals surface area contributed by atoms with E-state index in [-0.39, 0.29) is 18.0 Å². The molecule has 1 amide bonds. The molecule has 3 N–H and O–H groups in total. The van der Waals surface area contributed by atoms with Gasteiger partial charge in [-0.2, -0.15) is 0 Å². The number of nitrogens with one attached hydrogen (secondary N) is 1. The van der Waals surface area contributed by atoms with Crippen molar-refractivity contribution in [1.82, 2.24) is 20.3 Å². The summed E-state index contributed by atoms with van der Waals surface area (Å²) in [5, 5.41) is 10.5. The smallest absolute Gasteiger partial charge is 0.244 e. The minimum Gasteiger partial charge on any atom is -0.357 e. The molecule has 1 heterocycles. The molecule has 0 saturated carbocycles. The third-order valence-electron chi connectivity index (χ3n) is 2.53. The quantitative estimate of drug-likeness (QED) is 0.758. The molecule has 1 aromatic rings. The second-order valence-corrected chi connectivity index (χ2v) is 3.81. The average Bonchev–Trinajstić information content (AvgIpc) is 2.76. The number of carbonyl (C=O) groups is 1. The number of nitrogens with two attached hydrogens (primary N) is 1. The number of rotatable bonds is 5. The van der Waals surface area contributed by atoms with Gasteiger partial charge < -0.3 is 11.1 Å². The zero-order valence-corrected chi connectivity index (χ0v) is 9.97. The summed E-state index contributed by atoms with van der Waals surface area (Å²) >= 11 is 0. The zero-order valence-electron chi connectivity index (χ0n) is 9.97. The summed E-state index contributed by atoms with van der Waals surface area (Å²) in [5.41, 5.74) is 6.65. The van der Waals surface area contributed by atoms with Crippen molar-refractivity contribution < 1.29 is 4.79 Å². The van der Waals surface area contributed by atoms with E-state index in [1.54, 1.807) is 20.2 Å². The molecule has 0 aliphatic rings. The van der Waals surface area contributed by atoms with Crippen molar-refractivity contribution in [2.24, 2.45) is 5.73 Å². The van der Waals surface area contributed by atoms with E-state index >= 15 is 0 Å². The second-order valence-electron chi connectivity index (χ2n) is 3.81. The highest BCUT2D eigenvalue weighted by Crippen LogP contribution is 2.14. The molecule has 2 unspecified atom stereocenters. The van der Waals surface area contributed by atoms with Gasteiger partial charge in [0, 0.05) is 7.05 Å². The fourth-order valence-electron chi connectivity index (χ4n) is 1.44. The van der Waals surface area contributed by atoms with Crippen molar-refractivity contribution in [2.75, 3.05) is 7.05 Å². The van der Waals surface area contributed by atoms with Crippen LogP contribution in [0.1, 0.15) is 44.5 Å². The Balaban J connectivity index is 2.74. The van der Waals surface area contributed by atoms with Gasteiger partial charge in [0.1, 0.15) is 6.04 Å². The second kappa shape index (κ2) is 5.60. The third-order valence-corrected chi connectivity index (χ3v) is 2.53. The van der Waals surface area contributed by atoms with Crippen LogP contribution in [0.5, 0.6) is 0 Å². The lowest BCUT2D eigenvalue weighted by Gasteiger charge is -2.09. The van der Waals surface area contributed by atoms with Crippen LogP contribution < -0.4 is 11.1 Å². The number of likely N-dealkylation sites (N-methyl/N-ethyl adjacent to an activating group) is 1. The highest BCUT2D eigenvalue weighted by atomic mass is 16.2. The van der Waals surface area contributed by atoms with Gasteiger partial charge in [-0.25, -0.2) is 4.68 Å². The molecular formula is C10H19N5O. The van der Waals surface area contributed by atoms with Crippen molar-refractivity contribution in [3.05, 3.63) is 11.9 Å². The Bertz CT molecular complexity index is 349. The van der Waals surface area contributed by atoms with Crippen LogP contribution in [0, 0.1) is 0 Å². The summed E-state index contributed by atoms with van der Waals surface area (Å²) in [6.45, 7) is 3.83. The van der Waals surface area contributed by atoms with E-state index in [2.05, 4.69) is 22.6 Å². The van der Waals surface area contributed by atoms with E-state index in [9.17, 15) is 4.79 Å². The first-order valence-corrected chi connectivity index (χ1v) is 5.49. The summed E-state index contributed by atoms with van der Waals surface area (Å²) in [6.07, 6.45) is 3.60. The van der Waals surface area contributed by atoms with Crippen LogP contribution in [-0.2, 0) is 4.79 Å². The maximum atomic E-state index is 11.4. The molecule has 0 fully saturated rings. The fourth-order valence-corrected chi connectivity index (χ4v) is 1.44. The lowest BCUT2D eigenvalue weighted by Crippen LogP contribution is -2.28. The van der Waals surface area contributed by atoms with Crippen molar-refractivity contribution >= 4 is 5.91 Å². The minimum atomic E-state index is -0.361. The Kier molecular flexibility index (Phi) is 4.42. The molecule has 0 aliphatic heterocycles. The highest BCUT2D eigenvalue weighted by Gasteiger charge is 2.17. The fraction of sp³-hybridized carbons (Fsp3) is 0.700. The standard InChI is InChI=1S/C10H19N5O/c1-4-5-8(11)9-6-15(14-13-9)7(2)10(16)12-3/h6-8H,4-5,11H2,1-3H3,(H,12,16). The first kappa shape index (κ1) is 12.6. The van der Waals surface area contributed by atoms with Gasteiger partial charge in [-0.1, -0.05) is 18.6 Å². The monoisotopic (exact) mass is 225 g/mol. The van der Waals surface area contributed by atoms with Crippen LogP contribution in [0.4, 0.5) is 0 Å². The lowest BCUT2D eigenvalue weighted by atomic mass is 10.1. The van der Waals surface area contributed by atoms with Gasteiger partial charge in [0.15, 0.2) is 0 Å². The predicted molar refractivity (Wildman–Crippen MR) is 60.6 cm³/mol. The molecule has 16 heavy (non-hydrogen) atoms. The maximum absolute atomic E-state index is 11.4. The van der Waals surface area contributed by atoms with Gasteiger partial charge in [0.2, 0.25) is 5.91 Å². The molecule has 0 bridgehead atoms. The SMILES string of the molecule is CCCC(N)c1cn(C(C)C(=O)NC)nn1. The molecule has 0 aromatic carbocycles. The average molecular weight is 225 g/mol. The molecule has 2 atom stereocenters.